The second-order valence-electron chi connectivity index (χ2n) is 4.07. The normalized spacial score (nSPS) is 13.7. The highest BCUT2D eigenvalue weighted by atomic mass is 16.7. The van der Waals surface area contributed by atoms with E-state index in [0.29, 0.717) is 24.4 Å². The average Bonchev–Trinajstić information content (AvgIpc) is 2.78. The van der Waals surface area contributed by atoms with Gasteiger partial charge in [-0.25, -0.2) is 4.79 Å². The van der Waals surface area contributed by atoms with Crippen molar-refractivity contribution >= 4 is 11.7 Å². The maximum absolute atomic E-state index is 11.2. The number of hydrogen-bond donors (Lipinski definition) is 2. The highest BCUT2D eigenvalue weighted by molar-refractivity contribution is 5.74. The molecule has 1 aliphatic rings. The fraction of sp³-hybridized carbons (Fsp3) is 0.308. The quantitative estimate of drug-likeness (QED) is 0.353. The van der Waals surface area contributed by atoms with Crippen LogP contribution in [0.5, 0.6) is 0 Å². The number of nitrogens with two attached hydrogens (primary N) is 1. The second kappa shape index (κ2) is 6.67. The number of hydroxylamine groups is 1. The minimum absolute atomic E-state index is 0.188. The lowest BCUT2D eigenvalue weighted by Gasteiger charge is -2.09. The van der Waals surface area contributed by atoms with E-state index in [9.17, 15) is 4.79 Å². The number of carbonyl (C=O) groups is 1. The molecule has 3 N–H and O–H groups in total. The number of nitrogens with one attached hydrogen (secondary N) is 1. The fourth-order valence-corrected chi connectivity index (χ4v) is 1.98. The first-order valence-corrected chi connectivity index (χ1v) is 6.22. The molecule has 0 atom stereocenters. The molecule has 1 aromatic carbocycles. The van der Waals surface area contributed by atoms with Crippen LogP contribution in [0.15, 0.2) is 40.3 Å². The maximum Gasteiger partial charge on any atom is 0.334 e. The van der Waals surface area contributed by atoms with Gasteiger partial charge in [-0.05, 0) is 12.5 Å². The van der Waals surface area contributed by atoms with Crippen LogP contribution in [-0.4, -0.2) is 19.2 Å². The molecule has 0 aliphatic heterocycles. The van der Waals surface area contributed by atoms with Crippen LogP contribution in [0, 0.1) is 0 Å². The molecule has 0 radical (unpaired) electrons. The molecule has 0 amide bonds. The van der Waals surface area contributed by atoms with Gasteiger partial charge in [0, 0.05) is 12.0 Å². The third-order valence-corrected chi connectivity index (χ3v) is 2.78. The number of carbonyl (C=O) groups excluding carboxylic acids is 1. The van der Waals surface area contributed by atoms with E-state index in [-0.39, 0.29) is 6.61 Å². The molecule has 106 valence electrons. The van der Waals surface area contributed by atoms with E-state index in [1.54, 1.807) is 6.92 Å². The number of rotatable bonds is 6. The monoisotopic (exact) mass is 276 g/mol. The van der Waals surface area contributed by atoms with Gasteiger partial charge in [-0.15, -0.1) is 5.11 Å². The molecule has 0 bridgehead atoms. The second-order valence-corrected chi connectivity index (χ2v) is 4.07. The van der Waals surface area contributed by atoms with Crippen LogP contribution in [0.3, 0.4) is 0 Å². The van der Waals surface area contributed by atoms with Gasteiger partial charge in [0.25, 0.3) is 0 Å². The zero-order valence-electron chi connectivity index (χ0n) is 11.1. The third kappa shape index (κ3) is 3.12. The molecule has 0 heterocycles. The van der Waals surface area contributed by atoms with Gasteiger partial charge in [0.15, 0.2) is 6.61 Å². The Bertz CT molecular complexity index is 554. The highest BCUT2D eigenvalue weighted by Crippen LogP contribution is 2.31. The smallest absolute Gasteiger partial charge is 0.334 e. The van der Waals surface area contributed by atoms with Gasteiger partial charge in [0.2, 0.25) is 0 Å². The standard InChI is InChI=1S/C13H16N4O3/c1-2-19-12(18)8-20-16-13-10-6-4-3-5-9(10)7-11(13)15-17-14/h3-6,16H,2,7-8H2,1H3,(H2,14,15). The van der Waals surface area contributed by atoms with Crippen molar-refractivity contribution in [3.63, 3.8) is 0 Å². The van der Waals surface area contributed by atoms with Gasteiger partial charge in [-0.3, -0.25) is 10.3 Å². The Morgan fingerprint density at radius 3 is 3.00 bits per heavy atom. The lowest BCUT2D eigenvalue weighted by Crippen LogP contribution is -2.20. The molecule has 1 aromatic rings. The molecule has 7 nitrogen and oxygen atoms in total. The number of ether oxygens (including phenoxy) is 1. The minimum atomic E-state index is -0.436. The van der Waals surface area contributed by atoms with E-state index in [1.165, 1.54) is 0 Å². The Hall–Kier alpha value is -2.41. The van der Waals surface area contributed by atoms with Crippen molar-refractivity contribution in [1.29, 1.82) is 0 Å². The molecule has 0 spiro atoms. The van der Waals surface area contributed by atoms with Gasteiger partial charge in [-0.2, -0.15) is 0 Å². The van der Waals surface area contributed by atoms with Gasteiger partial charge in [0.1, 0.15) is 0 Å². The Balaban J connectivity index is 2.06. The summed E-state index contributed by atoms with van der Waals surface area (Å²) in [5, 5.41) is 7.18. The molecule has 7 heteroatoms. The summed E-state index contributed by atoms with van der Waals surface area (Å²) in [7, 11) is 0. The Morgan fingerprint density at radius 2 is 2.25 bits per heavy atom. The number of benzene rings is 1. The van der Waals surface area contributed by atoms with Crippen molar-refractivity contribution in [3.05, 3.63) is 41.1 Å². The van der Waals surface area contributed by atoms with Crippen LogP contribution < -0.4 is 11.3 Å². The molecule has 0 saturated carbocycles. The summed E-state index contributed by atoms with van der Waals surface area (Å²) in [5.74, 6) is 4.67. The van der Waals surface area contributed by atoms with Crippen molar-refractivity contribution in [3.8, 4) is 0 Å². The van der Waals surface area contributed by atoms with Crippen molar-refractivity contribution in [2.75, 3.05) is 13.2 Å². The van der Waals surface area contributed by atoms with Gasteiger partial charge >= 0.3 is 5.97 Å². The van der Waals surface area contributed by atoms with E-state index >= 15 is 0 Å². The summed E-state index contributed by atoms with van der Waals surface area (Å²) < 4.78 is 4.77. The van der Waals surface area contributed by atoms with Crippen molar-refractivity contribution < 1.29 is 14.4 Å². The van der Waals surface area contributed by atoms with E-state index in [0.717, 1.165) is 11.1 Å². The Labute approximate surface area is 116 Å². The maximum atomic E-state index is 11.2. The highest BCUT2D eigenvalue weighted by Gasteiger charge is 2.21. The summed E-state index contributed by atoms with van der Waals surface area (Å²) in [6, 6.07) is 7.78. The van der Waals surface area contributed by atoms with Crippen LogP contribution in [-0.2, 0) is 20.8 Å². The largest absolute Gasteiger partial charge is 0.464 e. The predicted molar refractivity (Wildman–Crippen MR) is 71.8 cm³/mol. The molecule has 0 aromatic heterocycles. The van der Waals surface area contributed by atoms with E-state index < -0.39 is 5.97 Å². The first-order chi connectivity index (χ1) is 9.76. The van der Waals surface area contributed by atoms with Crippen LogP contribution >= 0.6 is 0 Å². The SMILES string of the molecule is CCOC(=O)CONC1=C(N=NN)Cc2ccccc21. The van der Waals surface area contributed by atoms with Crippen molar-refractivity contribution in [2.45, 2.75) is 13.3 Å². The van der Waals surface area contributed by atoms with E-state index in [4.69, 9.17) is 15.4 Å². The topological polar surface area (TPSA) is 98.3 Å². The fourth-order valence-electron chi connectivity index (χ4n) is 1.98. The van der Waals surface area contributed by atoms with Gasteiger partial charge in [0.05, 0.1) is 18.0 Å². The van der Waals surface area contributed by atoms with Gasteiger partial charge < -0.3 is 10.6 Å². The average molecular weight is 276 g/mol. The van der Waals surface area contributed by atoms with E-state index in [2.05, 4.69) is 15.8 Å². The minimum Gasteiger partial charge on any atom is -0.464 e. The molecule has 0 saturated heterocycles. The van der Waals surface area contributed by atoms with Crippen molar-refractivity contribution in [2.24, 2.45) is 16.2 Å². The Kier molecular flexibility index (Phi) is 4.67. The number of fused-ring (bicyclic) bond motifs is 1. The molecule has 2 rings (SSSR count). The molecule has 0 fully saturated rings. The van der Waals surface area contributed by atoms with Crippen LogP contribution in [0.25, 0.3) is 5.70 Å². The van der Waals surface area contributed by atoms with Crippen LogP contribution in [0.4, 0.5) is 0 Å². The summed E-state index contributed by atoms with van der Waals surface area (Å²) in [6.45, 7) is 1.87. The van der Waals surface area contributed by atoms with Crippen LogP contribution in [0.2, 0.25) is 0 Å². The summed E-state index contributed by atoms with van der Waals surface area (Å²) in [4.78, 5) is 16.3. The lowest BCUT2D eigenvalue weighted by molar-refractivity contribution is -0.150. The predicted octanol–water partition coefficient (Wildman–Crippen LogP) is 1.32. The number of hydrogen-bond acceptors (Lipinski definition) is 6. The zero-order chi connectivity index (χ0) is 14.4. The summed E-state index contributed by atoms with van der Waals surface area (Å²) in [5.41, 5.74) is 6.11. The molecule has 20 heavy (non-hydrogen) atoms. The zero-order valence-corrected chi connectivity index (χ0v) is 11.1. The molecule has 0 unspecified atom stereocenters. The van der Waals surface area contributed by atoms with Crippen molar-refractivity contribution in [1.82, 2.24) is 5.48 Å². The number of nitrogens with zero attached hydrogens (tertiary/aromatic N) is 2. The number of allylic oxidation sites excluding steroid dienone is 1. The van der Waals surface area contributed by atoms with Crippen LogP contribution in [0.1, 0.15) is 18.1 Å². The first-order valence-electron chi connectivity index (χ1n) is 6.22. The third-order valence-electron chi connectivity index (χ3n) is 2.78. The van der Waals surface area contributed by atoms with Gasteiger partial charge in [-0.1, -0.05) is 29.5 Å². The lowest BCUT2D eigenvalue weighted by atomic mass is 10.1. The molecule has 1 aliphatic carbocycles. The summed E-state index contributed by atoms with van der Waals surface area (Å²) >= 11 is 0. The molecular formula is C13H16N4O3. The molecular weight excluding hydrogens is 260 g/mol. The van der Waals surface area contributed by atoms with E-state index in [1.807, 2.05) is 24.3 Å². The number of esters is 1. The summed E-state index contributed by atoms with van der Waals surface area (Å²) in [6.07, 6.45) is 0.613. The first kappa shape index (κ1) is 14.0. The Morgan fingerprint density at radius 1 is 1.45 bits per heavy atom.